The second-order valence-corrected chi connectivity index (χ2v) is 3.12. The monoisotopic (exact) mass is 217 g/mol. The molecule has 0 atom stereocenters. The highest BCUT2D eigenvalue weighted by Gasteiger charge is 2.15. The van der Waals surface area contributed by atoms with E-state index >= 15 is 0 Å². The SMILES string of the molecule is Nc1ccc(CCF)c(Cl)c1C(=O)O. The Hall–Kier alpha value is -1.29. The molecule has 14 heavy (non-hydrogen) atoms. The summed E-state index contributed by atoms with van der Waals surface area (Å²) in [6.45, 7) is -0.581. The largest absolute Gasteiger partial charge is 0.478 e. The molecule has 0 aliphatic rings. The molecule has 5 heteroatoms. The summed E-state index contributed by atoms with van der Waals surface area (Å²) < 4.78 is 12.1. The number of nitrogens with two attached hydrogens (primary N) is 1. The van der Waals surface area contributed by atoms with Gasteiger partial charge in [0.25, 0.3) is 0 Å². The summed E-state index contributed by atoms with van der Waals surface area (Å²) in [5.74, 6) is -1.20. The third-order valence-corrected chi connectivity index (χ3v) is 2.26. The van der Waals surface area contributed by atoms with Crippen LogP contribution in [-0.4, -0.2) is 17.8 Å². The molecule has 76 valence electrons. The van der Waals surface area contributed by atoms with Crippen molar-refractivity contribution in [3.05, 3.63) is 28.3 Å². The number of hydrogen-bond acceptors (Lipinski definition) is 2. The number of nitrogen functional groups attached to an aromatic ring is 1. The van der Waals surface area contributed by atoms with E-state index < -0.39 is 12.6 Å². The Morgan fingerprint density at radius 1 is 1.57 bits per heavy atom. The molecular weight excluding hydrogens is 209 g/mol. The van der Waals surface area contributed by atoms with E-state index in [0.717, 1.165) is 0 Å². The molecule has 0 saturated carbocycles. The van der Waals surface area contributed by atoms with E-state index in [-0.39, 0.29) is 22.7 Å². The lowest BCUT2D eigenvalue weighted by Gasteiger charge is -2.07. The molecule has 0 amide bonds. The van der Waals surface area contributed by atoms with E-state index in [1.54, 1.807) is 0 Å². The summed E-state index contributed by atoms with van der Waals surface area (Å²) in [7, 11) is 0. The van der Waals surface area contributed by atoms with E-state index in [1.165, 1.54) is 12.1 Å². The molecule has 0 aliphatic carbocycles. The number of aromatic carboxylic acids is 1. The Labute approximate surface area is 85.3 Å². The average molecular weight is 218 g/mol. The molecule has 0 fully saturated rings. The zero-order valence-corrected chi connectivity index (χ0v) is 8.01. The number of benzene rings is 1. The van der Waals surface area contributed by atoms with Crippen molar-refractivity contribution in [1.29, 1.82) is 0 Å². The molecule has 1 rings (SSSR count). The zero-order valence-electron chi connectivity index (χ0n) is 7.26. The molecule has 0 aliphatic heterocycles. The maximum atomic E-state index is 12.1. The number of alkyl halides is 1. The van der Waals surface area contributed by atoms with Crippen LogP contribution in [0.3, 0.4) is 0 Å². The van der Waals surface area contributed by atoms with E-state index in [1.807, 2.05) is 0 Å². The first-order chi connectivity index (χ1) is 6.57. The van der Waals surface area contributed by atoms with Gasteiger partial charge in [-0.05, 0) is 11.6 Å². The highest BCUT2D eigenvalue weighted by atomic mass is 35.5. The molecule has 3 nitrogen and oxygen atoms in total. The van der Waals surface area contributed by atoms with Crippen LogP contribution < -0.4 is 5.73 Å². The molecule has 0 heterocycles. The third-order valence-electron chi connectivity index (χ3n) is 1.83. The summed E-state index contributed by atoms with van der Waals surface area (Å²) in [5.41, 5.74) is 5.82. The number of carboxylic acids is 1. The molecule has 0 aromatic heterocycles. The summed E-state index contributed by atoms with van der Waals surface area (Å²) in [4.78, 5) is 10.7. The molecule has 0 unspecified atom stereocenters. The number of anilines is 1. The lowest BCUT2D eigenvalue weighted by Crippen LogP contribution is -2.05. The van der Waals surface area contributed by atoms with Crippen LogP contribution in [0.25, 0.3) is 0 Å². The Kier molecular flexibility index (Phi) is 3.30. The Balaban J connectivity index is 3.26. The van der Waals surface area contributed by atoms with Gasteiger partial charge in [0.1, 0.15) is 5.56 Å². The van der Waals surface area contributed by atoms with Gasteiger partial charge in [0.05, 0.1) is 11.7 Å². The zero-order chi connectivity index (χ0) is 10.7. The van der Waals surface area contributed by atoms with Gasteiger partial charge < -0.3 is 10.8 Å². The van der Waals surface area contributed by atoms with Crippen LogP contribution >= 0.6 is 11.6 Å². The minimum absolute atomic E-state index is 0.0233. The van der Waals surface area contributed by atoms with Crippen LogP contribution in [0.15, 0.2) is 12.1 Å². The molecule has 0 saturated heterocycles. The molecule has 3 N–H and O–H groups in total. The van der Waals surface area contributed by atoms with Gasteiger partial charge in [0, 0.05) is 12.1 Å². The van der Waals surface area contributed by atoms with Crippen LogP contribution in [0.2, 0.25) is 5.02 Å². The lowest BCUT2D eigenvalue weighted by molar-refractivity contribution is 0.0698. The molecule has 0 radical (unpaired) electrons. The highest BCUT2D eigenvalue weighted by Crippen LogP contribution is 2.26. The number of rotatable bonds is 3. The van der Waals surface area contributed by atoms with Gasteiger partial charge in [-0.1, -0.05) is 17.7 Å². The standard InChI is InChI=1S/C9H9ClFNO2/c10-8-5(3-4-11)1-2-6(12)7(8)9(13)14/h1-2H,3-4,12H2,(H,13,14). The van der Waals surface area contributed by atoms with Crippen LogP contribution in [0.4, 0.5) is 10.1 Å². The molecule has 0 bridgehead atoms. The molecule has 1 aromatic carbocycles. The number of aryl methyl sites for hydroxylation is 1. The first kappa shape index (κ1) is 10.8. The minimum Gasteiger partial charge on any atom is -0.478 e. The van der Waals surface area contributed by atoms with Crippen LogP contribution in [0.5, 0.6) is 0 Å². The molecule has 1 aromatic rings. The molecular formula is C9H9ClFNO2. The maximum absolute atomic E-state index is 12.1. The van der Waals surface area contributed by atoms with Crippen LogP contribution in [-0.2, 0) is 6.42 Å². The van der Waals surface area contributed by atoms with Crippen molar-refractivity contribution >= 4 is 23.3 Å². The van der Waals surface area contributed by atoms with Crippen molar-refractivity contribution in [2.24, 2.45) is 0 Å². The molecule has 0 spiro atoms. The fraction of sp³-hybridized carbons (Fsp3) is 0.222. The normalized spacial score (nSPS) is 10.1. The van der Waals surface area contributed by atoms with Crippen molar-refractivity contribution in [3.63, 3.8) is 0 Å². The van der Waals surface area contributed by atoms with Crippen molar-refractivity contribution in [1.82, 2.24) is 0 Å². The average Bonchev–Trinajstić information content (AvgIpc) is 2.10. The van der Waals surface area contributed by atoms with Gasteiger partial charge in [-0.3, -0.25) is 4.39 Å². The van der Waals surface area contributed by atoms with Crippen LogP contribution in [0, 0.1) is 0 Å². The first-order valence-corrected chi connectivity index (χ1v) is 4.31. The summed E-state index contributed by atoms with van der Waals surface area (Å²) >= 11 is 5.76. The van der Waals surface area contributed by atoms with E-state index in [0.29, 0.717) is 5.56 Å². The second kappa shape index (κ2) is 4.28. The van der Waals surface area contributed by atoms with Crippen molar-refractivity contribution < 1.29 is 14.3 Å². The number of halogens is 2. The quantitative estimate of drug-likeness (QED) is 0.763. The predicted molar refractivity (Wildman–Crippen MR) is 52.5 cm³/mol. The van der Waals surface area contributed by atoms with Gasteiger partial charge in [-0.25, -0.2) is 4.79 Å². The van der Waals surface area contributed by atoms with Gasteiger partial charge in [-0.15, -0.1) is 0 Å². The highest BCUT2D eigenvalue weighted by molar-refractivity contribution is 6.35. The van der Waals surface area contributed by atoms with Gasteiger partial charge in [0.2, 0.25) is 0 Å². The Morgan fingerprint density at radius 2 is 2.21 bits per heavy atom. The summed E-state index contributed by atoms with van der Waals surface area (Å²) in [5, 5.41) is 8.80. The Bertz CT molecular complexity index is 368. The number of carbonyl (C=O) groups is 1. The topological polar surface area (TPSA) is 63.3 Å². The van der Waals surface area contributed by atoms with Gasteiger partial charge in [0.15, 0.2) is 0 Å². The number of carboxylic acid groups (broad SMARTS) is 1. The van der Waals surface area contributed by atoms with Crippen LogP contribution in [0.1, 0.15) is 15.9 Å². The van der Waals surface area contributed by atoms with Gasteiger partial charge in [-0.2, -0.15) is 0 Å². The fourth-order valence-corrected chi connectivity index (χ4v) is 1.49. The van der Waals surface area contributed by atoms with Crippen molar-refractivity contribution in [2.75, 3.05) is 12.4 Å². The van der Waals surface area contributed by atoms with E-state index in [2.05, 4.69) is 0 Å². The summed E-state index contributed by atoms with van der Waals surface area (Å²) in [6, 6.07) is 2.95. The lowest BCUT2D eigenvalue weighted by atomic mass is 10.1. The predicted octanol–water partition coefficient (Wildman–Crippen LogP) is 2.13. The number of hydrogen-bond donors (Lipinski definition) is 2. The third kappa shape index (κ3) is 1.96. The van der Waals surface area contributed by atoms with E-state index in [4.69, 9.17) is 22.4 Å². The minimum atomic E-state index is -1.20. The van der Waals surface area contributed by atoms with Gasteiger partial charge >= 0.3 is 5.97 Å². The Morgan fingerprint density at radius 3 is 2.71 bits per heavy atom. The fourth-order valence-electron chi connectivity index (χ4n) is 1.15. The van der Waals surface area contributed by atoms with Crippen molar-refractivity contribution in [3.8, 4) is 0 Å². The maximum Gasteiger partial charge on any atom is 0.339 e. The first-order valence-electron chi connectivity index (χ1n) is 3.94. The van der Waals surface area contributed by atoms with E-state index in [9.17, 15) is 9.18 Å². The second-order valence-electron chi connectivity index (χ2n) is 2.75. The van der Waals surface area contributed by atoms with Crippen molar-refractivity contribution in [2.45, 2.75) is 6.42 Å². The summed E-state index contributed by atoms with van der Waals surface area (Å²) in [6.07, 6.45) is 0.0966. The smallest absolute Gasteiger partial charge is 0.339 e.